The molecule has 232 valence electrons. The largest absolute Gasteiger partial charge is 0.394 e. The Labute approximate surface area is 232 Å². The van der Waals surface area contributed by atoms with E-state index < -0.39 is 91.5 Å². The van der Waals surface area contributed by atoms with Crippen LogP contribution in [0.4, 0.5) is 0 Å². The van der Waals surface area contributed by atoms with E-state index in [9.17, 15) is 30.3 Å². The van der Waals surface area contributed by atoms with Gasteiger partial charge in [-0.25, -0.2) is 0 Å². The normalized spacial score (nSPS) is 45.0. The molecule has 0 spiro atoms. The lowest BCUT2D eigenvalue weighted by molar-refractivity contribution is -0.325. The summed E-state index contributed by atoms with van der Waals surface area (Å²) in [6, 6.07) is -3.82. The third-order valence-corrected chi connectivity index (χ3v) is 7.85. The summed E-state index contributed by atoms with van der Waals surface area (Å²) in [6.07, 6.45) is -8.98. The molecule has 3 fully saturated rings. The zero-order valence-corrected chi connectivity index (χ0v) is 22.4. The third-order valence-electron chi connectivity index (χ3n) is 7.85. The number of carbonyl (C=O) groups is 1. The van der Waals surface area contributed by atoms with Gasteiger partial charge >= 0.3 is 0 Å². The first-order valence-corrected chi connectivity index (χ1v) is 13.5. The summed E-state index contributed by atoms with van der Waals surface area (Å²) in [5.41, 5.74) is 27.7. The standard InChI is InChI=1S/C24H46N6O10/c1-2-24(36)19(39-22-11(27)4-3-10(8-26)37-22)12(28)7-13(30-21(35)14(32)5-6-25)20(24)40-23-18(34)16(29)17(33)15(9-31)38-23/h2,10-20,22-23,31-34,36H,1,3-9,25-29H2,(H,30,35)/t10?,11?,12-,13+,14-,15?,16-,17-,18?,19?,20+,22-,23-,24?/m0/s1. The molecule has 6 unspecified atom stereocenters. The summed E-state index contributed by atoms with van der Waals surface area (Å²) in [4.78, 5) is 12.7. The fraction of sp³-hybridized carbons (Fsp3) is 0.875. The molecule has 0 bridgehead atoms. The minimum absolute atomic E-state index is 0.0256. The van der Waals surface area contributed by atoms with Crippen molar-refractivity contribution < 1.29 is 49.3 Å². The van der Waals surface area contributed by atoms with Crippen molar-refractivity contribution in [1.82, 2.24) is 5.32 Å². The van der Waals surface area contributed by atoms with Gasteiger partial charge in [0.2, 0.25) is 5.91 Å². The van der Waals surface area contributed by atoms with E-state index in [1.165, 1.54) is 0 Å². The number of hydrogen-bond donors (Lipinski definition) is 11. The van der Waals surface area contributed by atoms with Crippen LogP contribution in [0, 0.1) is 0 Å². The van der Waals surface area contributed by atoms with Gasteiger partial charge < -0.3 is 78.5 Å². The molecule has 0 aromatic rings. The molecule has 0 aromatic heterocycles. The smallest absolute Gasteiger partial charge is 0.249 e. The molecule has 16 nitrogen and oxygen atoms in total. The fourth-order valence-corrected chi connectivity index (χ4v) is 5.41. The summed E-state index contributed by atoms with van der Waals surface area (Å²) in [5.74, 6) is -0.795. The van der Waals surface area contributed by atoms with Crippen molar-refractivity contribution in [3.63, 3.8) is 0 Å². The van der Waals surface area contributed by atoms with Crippen LogP contribution < -0.4 is 34.0 Å². The van der Waals surface area contributed by atoms with Gasteiger partial charge in [-0.2, -0.15) is 0 Å². The Morgan fingerprint density at radius 2 is 1.75 bits per heavy atom. The average Bonchev–Trinajstić information content (AvgIpc) is 2.93. The van der Waals surface area contributed by atoms with E-state index in [2.05, 4.69) is 11.9 Å². The summed E-state index contributed by atoms with van der Waals surface area (Å²) >= 11 is 0. The number of carbonyl (C=O) groups excluding carboxylic acids is 1. The number of aliphatic hydroxyl groups excluding tert-OH is 4. The molecule has 2 aliphatic heterocycles. The molecule has 1 aliphatic carbocycles. The molecule has 3 aliphatic rings. The molecular weight excluding hydrogens is 532 g/mol. The van der Waals surface area contributed by atoms with E-state index in [-0.39, 0.29) is 32.0 Å². The Kier molecular flexibility index (Phi) is 11.8. The van der Waals surface area contributed by atoms with Crippen molar-refractivity contribution in [1.29, 1.82) is 0 Å². The van der Waals surface area contributed by atoms with Crippen LogP contribution in [-0.4, -0.2) is 136 Å². The second kappa shape index (κ2) is 14.2. The van der Waals surface area contributed by atoms with Crippen molar-refractivity contribution in [2.24, 2.45) is 28.7 Å². The third kappa shape index (κ3) is 6.99. The maximum Gasteiger partial charge on any atom is 0.249 e. The van der Waals surface area contributed by atoms with Gasteiger partial charge in [-0.1, -0.05) is 6.08 Å². The molecule has 40 heavy (non-hydrogen) atoms. The summed E-state index contributed by atoms with van der Waals surface area (Å²) in [5, 5.41) is 55.4. The predicted octanol–water partition coefficient (Wildman–Crippen LogP) is -5.84. The summed E-state index contributed by atoms with van der Waals surface area (Å²) in [7, 11) is 0. The van der Waals surface area contributed by atoms with Gasteiger partial charge in [-0.3, -0.25) is 4.79 Å². The molecule has 3 rings (SSSR count). The van der Waals surface area contributed by atoms with Gasteiger partial charge in [0.1, 0.15) is 42.2 Å². The molecule has 0 aromatic carbocycles. The molecule has 14 atom stereocenters. The van der Waals surface area contributed by atoms with Crippen molar-refractivity contribution in [2.45, 2.75) is 111 Å². The van der Waals surface area contributed by atoms with Gasteiger partial charge in [0, 0.05) is 12.6 Å². The maximum absolute atomic E-state index is 12.7. The first-order chi connectivity index (χ1) is 18.9. The van der Waals surface area contributed by atoms with Gasteiger partial charge in [-0.05, 0) is 32.2 Å². The number of hydrogen-bond acceptors (Lipinski definition) is 15. The summed E-state index contributed by atoms with van der Waals surface area (Å²) < 4.78 is 23.6. The van der Waals surface area contributed by atoms with Gasteiger partial charge in [0.15, 0.2) is 12.6 Å². The zero-order chi connectivity index (χ0) is 29.8. The number of rotatable bonds is 11. The monoisotopic (exact) mass is 578 g/mol. The Bertz CT molecular complexity index is 844. The van der Waals surface area contributed by atoms with Gasteiger partial charge in [0.05, 0.1) is 30.8 Å². The molecule has 2 heterocycles. The Morgan fingerprint density at radius 3 is 2.35 bits per heavy atom. The second-order valence-corrected chi connectivity index (χ2v) is 10.7. The van der Waals surface area contributed by atoms with Crippen molar-refractivity contribution >= 4 is 5.91 Å². The fourth-order valence-electron chi connectivity index (χ4n) is 5.41. The molecular formula is C24H46N6O10. The Hall–Kier alpha value is -1.35. The second-order valence-electron chi connectivity index (χ2n) is 10.7. The number of amides is 1. The zero-order valence-electron chi connectivity index (χ0n) is 22.4. The highest BCUT2D eigenvalue weighted by Gasteiger charge is 2.58. The number of ether oxygens (including phenoxy) is 4. The molecule has 16 heteroatoms. The molecule has 1 amide bonds. The van der Waals surface area contributed by atoms with Crippen LogP contribution >= 0.6 is 0 Å². The molecule has 0 radical (unpaired) electrons. The highest BCUT2D eigenvalue weighted by Crippen LogP contribution is 2.38. The maximum atomic E-state index is 12.7. The lowest BCUT2D eigenvalue weighted by Crippen LogP contribution is -2.73. The van der Waals surface area contributed by atoms with Gasteiger partial charge in [0.25, 0.3) is 0 Å². The average molecular weight is 579 g/mol. The predicted molar refractivity (Wildman–Crippen MR) is 140 cm³/mol. The van der Waals surface area contributed by atoms with Crippen LogP contribution in [0.5, 0.6) is 0 Å². The first-order valence-electron chi connectivity index (χ1n) is 13.5. The van der Waals surface area contributed by atoms with Crippen LogP contribution in [0.2, 0.25) is 0 Å². The lowest BCUT2D eigenvalue weighted by atomic mass is 9.73. The van der Waals surface area contributed by atoms with Crippen LogP contribution in [0.25, 0.3) is 0 Å². The summed E-state index contributed by atoms with van der Waals surface area (Å²) in [6.45, 7) is 3.37. The first kappa shape index (κ1) is 33.2. The van der Waals surface area contributed by atoms with E-state index in [1.807, 2.05) is 0 Å². The minimum Gasteiger partial charge on any atom is -0.394 e. The number of nitrogens with one attached hydrogen (secondary N) is 1. The van der Waals surface area contributed by atoms with E-state index in [1.54, 1.807) is 0 Å². The molecule has 1 saturated carbocycles. The topological polar surface area (TPSA) is 297 Å². The molecule has 2 saturated heterocycles. The quantitative estimate of drug-likeness (QED) is 0.102. The van der Waals surface area contributed by atoms with E-state index >= 15 is 0 Å². The van der Waals surface area contributed by atoms with E-state index in [0.717, 1.165) is 6.08 Å². The van der Waals surface area contributed by atoms with E-state index in [0.29, 0.717) is 12.8 Å². The number of aliphatic hydroxyl groups is 5. The van der Waals surface area contributed by atoms with Crippen LogP contribution in [0.15, 0.2) is 12.7 Å². The molecule has 16 N–H and O–H groups in total. The van der Waals surface area contributed by atoms with E-state index in [4.69, 9.17) is 47.6 Å². The lowest BCUT2D eigenvalue weighted by Gasteiger charge is -2.53. The Morgan fingerprint density at radius 1 is 1.07 bits per heavy atom. The van der Waals surface area contributed by atoms with Crippen molar-refractivity contribution in [3.05, 3.63) is 12.7 Å². The van der Waals surface area contributed by atoms with Crippen molar-refractivity contribution in [2.75, 3.05) is 19.7 Å². The number of nitrogens with two attached hydrogens (primary N) is 5. The van der Waals surface area contributed by atoms with Gasteiger partial charge in [-0.15, -0.1) is 6.58 Å². The van der Waals surface area contributed by atoms with Crippen molar-refractivity contribution in [3.8, 4) is 0 Å². The van der Waals surface area contributed by atoms with Crippen LogP contribution in [-0.2, 0) is 23.7 Å². The van der Waals surface area contributed by atoms with Crippen LogP contribution in [0.1, 0.15) is 25.7 Å². The highest BCUT2D eigenvalue weighted by molar-refractivity contribution is 5.80. The highest BCUT2D eigenvalue weighted by atomic mass is 16.7. The Balaban J connectivity index is 1.94. The SMILES string of the molecule is C=CC1(O)C(O[C@@H]2OC(CN)CCC2N)[C@@H](N)C[C@@H](NC(=O)[C@@H](O)CCN)[C@H]1O[C@@H]1OC(CO)[C@H](O)[C@H](N)C1O. The minimum atomic E-state index is -2.15. The van der Waals surface area contributed by atoms with Crippen LogP contribution in [0.3, 0.4) is 0 Å².